The minimum atomic E-state index is -1.50. The Bertz CT molecular complexity index is 3180. The molecule has 79 heavy (non-hydrogen) atoms. The molecule has 5 aromatic carbocycles. The van der Waals surface area contributed by atoms with E-state index in [2.05, 4.69) is 45.3 Å². The van der Waals surface area contributed by atoms with Crippen molar-refractivity contribution in [1.82, 2.24) is 29.9 Å². The van der Waals surface area contributed by atoms with Gasteiger partial charge in [-0.15, -0.1) is 0 Å². The fourth-order valence-electron chi connectivity index (χ4n) is 6.45. The van der Waals surface area contributed by atoms with Crippen LogP contribution in [0.15, 0.2) is 121 Å². The van der Waals surface area contributed by atoms with E-state index < -0.39 is 7.12 Å². The Hall–Kier alpha value is -6.85. The van der Waals surface area contributed by atoms with E-state index in [-0.39, 0.29) is 50.9 Å². The summed E-state index contributed by atoms with van der Waals surface area (Å²) in [5, 5.41) is 25.6. The van der Waals surface area contributed by atoms with E-state index in [0.717, 1.165) is 11.8 Å². The van der Waals surface area contributed by atoms with E-state index in [1.807, 2.05) is 6.07 Å². The fourth-order valence-corrected chi connectivity index (χ4v) is 7.80. The van der Waals surface area contributed by atoms with Crippen LogP contribution in [0.4, 0.5) is 24.8 Å². The molecule has 0 radical (unpaired) electrons. The van der Waals surface area contributed by atoms with Gasteiger partial charge in [0, 0.05) is 79.7 Å². The van der Waals surface area contributed by atoms with Crippen molar-refractivity contribution in [2.75, 3.05) is 51.6 Å². The summed E-state index contributed by atoms with van der Waals surface area (Å²) in [6, 6.07) is 32.4. The fraction of sp³-hybridized carbons (Fsp3) is 0.170. The Labute approximate surface area is 483 Å². The summed E-state index contributed by atoms with van der Waals surface area (Å²) in [6.45, 7) is 1.30. The van der Waals surface area contributed by atoms with Crippen LogP contribution in [-0.2, 0) is 19.3 Å². The number of nitrogens with two attached hydrogens (primary N) is 1. The van der Waals surface area contributed by atoms with Crippen LogP contribution in [0.2, 0.25) is 30.5 Å². The molecule has 0 aliphatic heterocycles. The number of nitrogens with one attached hydrogen (secondary N) is 2. The summed E-state index contributed by atoms with van der Waals surface area (Å²) in [7, 11) is 2.87. The standard InChI is InChI=1S/C20H17ClFN3O2.C13H12Cl2FN3O.C8H9ClFN.C7H7BO3.C5H4Cl2N2O/c1-27-20-24-18(14-5-2-4-13(10-14)12-26)11-19(25-20)23-9-8-15-16(21)6-3-7-17(15)22;1-20-13-18-11(15)7-12(19-13)17-6-5-8-9(14)3-2-4-10(8)16;9-7-2-1-3-8(10)6(7)4-5-11;9-5-6-2-1-3-7(4-6)8(10)11;1-10-5-8-3(6)2-4(7)9-5/h2-7,10-12H,8-9H2,1H3,(H,23,24,25);2-4,7H,5-6H2,1H3,(H,17,18,19);1-3H,4-5,11H2;1-5,10-11H;2H,1H3. The van der Waals surface area contributed by atoms with Gasteiger partial charge in [0.1, 0.15) is 57.1 Å². The first kappa shape index (κ1) is 64.7. The molecule has 8 rings (SSSR count). The molecule has 26 heteroatoms. The molecule has 0 bridgehead atoms. The molecule has 0 saturated carbocycles. The lowest BCUT2D eigenvalue weighted by Crippen LogP contribution is -2.29. The molecular formula is C53H49BCl6F3N9O7. The molecule has 0 spiro atoms. The molecule has 3 aromatic heterocycles. The van der Waals surface area contributed by atoms with Crippen LogP contribution in [0.25, 0.3) is 11.3 Å². The smallest absolute Gasteiger partial charge is 0.467 e. The summed E-state index contributed by atoms with van der Waals surface area (Å²) in [4.78, 5) is 45.1. The summed E-state index contributed by atoms with van der Waals surface area (Å²) in [5.41, 5.74) is 9.39. The van der Waals surface area contributed by atoms with E-state index >= 15 is 0 Å². The zero-order chi connectivity index (χ0) is 57.9. The maximum absolute atomic E-state index is 13.9. The highest BCUT2D eigenvalue weighted by Crippen LogP contribution is 2.25. The summed E-state index contributed by atoms with van der Waals surface area (Å²) in [6.07, 6.45) is 2.75. The second kappa shape index (κ2) is 34.2. The zero-order valence-corrected chi connectivity index (χ0v) is 46.7. The van der Waals surface area contributed by atoms with Crippen LogP contribution in [0.1, 0.15) is 37.4 Å². The van der Waals surface area contributed by atoms with Gasteiger partial charge in [0.15, 0.2) is 0 Å². The SMILES string of the molecule is COc1nc(Cl)cc(Cl)n1.COc1nc(Cl)cc(NCCc2c(F)cccc2Cl)n1.COc1nc(NCCc2c(F)cccc2Cl)cc(-c2cccc(C=O)c2)n1.NCCc1c(F)cccc1Cl.O=Cc1cccc(B(O)O)c1. The van der Waals surface area contributed by atoms with Crippen LogP contribution in [0.3, 0.4) is 0 Å². The number of carbonyl (C=O) groups excluding carboxylic acids is 2. The van der Waals surface area contributed by atoms with E-state index in [0.29, 0.717) is 111 Å². The maximum atomic E-state index is 13.9. The number of aromatic nitrogens is 6. The molecule has 6 N–H and O–H groups in total. The minimum Gasteiger partial charge on any atom is -0.467 e. The van der Waals surface area contributed by atoms with Gasteiger partial charge < -0.3 is 40.6 Å². The van der Waals surface area contributed by atoms with Crippen molar-refractivity contribution < 1.29 is 47.0 Å². The van der Waals surface area contributed by atoms with Gasteiger partial charge in [-0.3, -0.25) is 9.59 Å². The minimum absolute atomic E-state index is 0.170. The molecule has 0 unspecified atom stereocenters. The average molecular weight is 1200 g/mol. The maximum Gasteiger partial charge on any atom is 0.488 e. The summed E-state index contributed by atoms with van der Waals surface area (Å²) in [5.74, 6) is 0.103. The Morgan fingerprint density at radius 3 is 1.37 bits per heavy atom. The molecule has 0 atom stereocenters. The number of rotatable bonds is 17. The van der Waals surface area contributed by atoms with E-state index in [1.54, 1.807) is 78.9 Å². The third-order valence-corrected chi connectivity index (χ3v) is 11.8. The van der Waals surface area contributed by atoms with Crippen LogP contribution in [0, 0.1) is 17.5 Å². The lowest BCUT2D eigenvalue weighted by atomic mass is 9.80. The number of ether oxygens (including phenoxy) is 3. The molecule has 0 aliphatic rings. The highest BCUT2D eigenvalue weighted by atomic mass is 35.5. The van der Waals surface area contributed by atoms with Crippen molar-refractivity contribution in [2.45, 2.75) is 19.3 Å². The molecule has 3 heterocycles. The number of hydrogen-bond donors (Lipinski definition) is 5. The molecule has 0 saturated heterocycles. The quantitative estimate of drug-likeness (QED) is 0.0324. The van der Waals surface area contributed by atoms with Crippen molar-refractivity contribution in [3.8, 4) is 29.3 Å². The number of benzene rings is 5. The molecule has 0 fully saturated rings. The molecular weight excluding hydrogens is 1160 g/mol. The summed E-state index contributed by atoms with van der Waals surface area (Å²) < 4.78 is 55.1. The molecule has 0 amide bonds. The van der Waals surface area contributed by atoms with Gasteiger partial charge in [0.25, 0.3) is 0 Å². The predicted molar refractivity (Wildman–Crippen MR) is 305 cm³/mol. The van der Waals surface area contributed by atoms with Crippen molar-refractivity contribution >= 4 is 106 Å². The molecule has 0 aliphatic carbocycles. The van der Waals surface area contributed by atoms with Gasteiger partial charge in [-0.1, -0.05) is 130 Å². The second-order valence-electron chi connectivity index (χ2n) is 15.6. The first-order chi connectivity index (χ1) is 37.9. The van der Waals surface area contributed by atoms with Crippen molar-refractivity contribution in [2.24, 2.45) is 5.73 Å². The number of anilines is 2. The number of nitrogens with zero attached hydrogens (tertiary/aromatic N) is 6. The van der Waals surface area contributed by atoms with E-state index in [1.165, 1.54) is 57.7 Å². The van der Waals surface area contributed by atoms with Crippen molar-refractivity contribution in [3.05, 3.63) is 197 Å². The number of hydrogen-bond acceptors (Lipinski definition) is 16. The number of methoxy groups -OCH3 is 3. The Morgan fingerprint density at radius 1 is 0.519 bits per heavy atom. The van der Waals surface area contributed by atoms with Gasteiger partial charge in [-0.05, 0) is 73.7 Å². The zero-order valence-electron chi connectivity index (χ0n) is 42.1. The highest BCUT2D eigenvalue weighted by Gasteiger charge is 2.13. The van der Waals surface area contributed by atoms with Gasteiger partial charge in [-0.25, -0.2) is 13.2 Å². The molecule has 8 aromatic rings. The largest absolute Gasteiger partial charge is 0.488 e. The van der Waals surface area contributed by atoms with Crippen LogP contribution in [-0.4, -0.2) is 101 Å². The first-order valence-corrected chi connectivity index (χ1v) is 25.4. The Balaban J connectivity index is 0.000000227. The Kier molecular flexibility index (Phi) is 28.0. The third-order valence-electron chi connectivity index (χ3n) is 10.2. The first-order valence-electron chi connectivity index (χ1n) is 23.1. The van der Waals surface area contributed by atoms with Gasteiger partial charge in [0.05, 0.1) is 27.0 Å². The van der Waals surface area contributed by atoms with Crippen LogP contribution < -0.4 is 36.0 Å². The van der Waals surface area contributed by atoms with Crippen LogP contribution in [0.5, 0.6) is 18.0 Å². The van der Waals surface area contributed by atoms with Crippen molar-refractivity contribution in [1.29, 1.82) is 0 Å². The lowest BCUT2D eigenvalue weighted by Gasteiger charge is -2.11. The second-order valence-corrected chi connectivity index (χ2v) is 18.0. The number of aldehydes is 2. The lowest BCUT2D eigenvalue weighted by molar-refractivity contribution is 0.111. The van der Waals surface area contributed by atoms with Crippen molar-refractivity contribution in [3.63, 3.8) is 0 Å². The monoisotopic (exact) mass is 1200 g/mol. The van der Waals surface area contributed by atoms with Gasteiger partial charge in [-0.2, -0.15) is 29.9 Å². The topological polar surface area (TPSA) is 230 Å². The molecule has 414 valence electrons. The van der Waals surface area contributed by atoms with Crippen LogP contribution >= 0.6 is 69.6 Å². The molecule has 16 nitrogen and oxygen atoms in total. The number of halogens is 9. The van der Waals surface area contributed by atoms with Gasteiger partial charge in [0.2, 0.25) is 0 Å². The normalized spacial score (nSPS) is 10.1. The third kappa shape index (κ3) is 22.1. The van der Waals surface area contributed by atoms with E-state index in [9.17, 15) is 22.8 Å². The highest BCUT2D eigenvalue weighted by molar-refractivity contribution is 6.58. The average Bonchev–Trinajstić information content (AvgIpc) is 3.45. The van der Waals surface area contributed by atoms with Gasteiger partial charge >= 0.3 is 25.1 Å². The summed E-state index contributed by atoms with van der Waals surface area (Å²) >= 11 is 34.6. The number of carbonyl (C=O) groups is 2. The predicted octanol–water partition coefficient (Wildman–Crippen LogP) is 10.9. The Morgan fingerprint density at radius 2 is 0.924 bits per heavy atom. The van der Waals surface area contributed by atoms with E-state index in [4.69, 9.17) is 94.9 Å².